The molecule has 0 radical (unpaired) electrons. The Morgan fingerprint density at radius 3 is 2.92 bits per heavy atom. The van der Waals surface area contributed by atoms with Crippen LogP contribution in [0.5, 0.6) is 0 Å². The smallest absolute Gasteiger partial charge is 0.236 e. The first-order valence-corrected chi connectivity index (χ1v) is 8.57. The lowest BCUT2D eigenvalue weighted by Crippen LogP contribution is -2.39. The van der Waals surface area contributed by atoms with E-state index in [1.807, 2.05) is 25.2 Å². The third-order valence-electron chi connectivity index (χ3n) is 4.64. The second-order valence-corrected chi connectivity index (χ2v) is 7.17. The lowest BCUT2D eigenvalue weighted by molar-refractivity contribution is -0.131. The number of H-pyrrole nitrogens is 1. The summed E-state index contributed by atoms with van der Waals surface area (Å²) in [7, 11) is 6.01. The fourth-order valence-corrected chi connectivity index (χ4v) is 3.28. The van der Waals surface area contributed by atoms with Crippen molar-refractivity contribution in [3.05, 3.63) is 29.0 Å². The lowest BCUT2D eigenvalue weighted by atomic mass is 10.2. The number of hydrogen-bond donors (Lipinski definition) is 1. The summed E-state index contributed by atoms with van der Waals surface area (Å²) in [5.41, 5.74) is 1.76. The van der Waals surface area contributed by atoms with Crippen LogP contribution in [0.2, 0.25) is 5.02 Å². The Labute approximate surface area is 147 Å². The van der Waals surface area contributed by atoms with Crippen LogP contribution in [-0.4, -0.2) is 77.4 Å². The van der Waals surface area contributed by atoms with E-state index in [-0.39, 0.29) is 5.91 Å². The van der Waals surface area contributed by atoms with Crippen molar-refractivity contribution in [2.24, 2.45) is 0 Å². The Balaban J connectivity index is 1.57. The van der Waals surface area contributed by atoms with Crippen LogP contribution in [0.15, 0.2) is 18.2 Å². The Bertz CT molecular complexity index is 729. The van der Waals surface area contributed by atoms with Gasteiger partial charge in [-0.25, -0.2) is 4.98 Å². The fraction of sp³-hybridized carbons (Fsp3) is 0.529. The van der Waals surface area contributed by atoms with Crippen molar-refractivity contribution in [1.82, 2.24) is 24.7 Å². The minimum Gasteiger partial charge on any atom is -0.340 e. The monoisotopic (exact) mass is 349 g/mol. The number of rotatable bonds is 5. The van der Waals surface area contributed by atoms with E-state index in [0.29, 0.717) is 24.2 Å². The van der Waals surface area contributed by atoms with Gasteiger partial charge >= 0.3 is 0 Å². The third kappa shape index (κ3) is 3.88. The zero-order valence-corrected chi connectivity index (χ0v) is 15.2. The van der Waals surface area contributed by atoms with Crippen LogP contribution in [-0.2, 0) is 11.3 Å². The molecule has 1 fully saturated rings. The van der Waals surface area contributed by atoms with E-state index in [4.69, 9.17) is 11.6 Å². The Morgan fingerprint density at radius 1 is 1.42 bits per heavy atom. The molecule has 1 aliphatic heterocycles. The molecule has 3 rings (SSSR count). The molecule has 0 saturated carbocycles. The number of carbonyl (C=O) groups excluding carboxylic acids is 1. The second-order valence-electron chi connectivity index (χ2n) is 6.74. The van der Waals surface area contributed by atoms with Crippen LogP contribution < -0.4 is 0 Å². The second kappa shape index (κ2) is 7.09. The molecule has 0 bridgehead atoms. The molecule has 0 aliphatic carbocycles. The first-order chi connectivity index (χ1) is 11.4. The van der Waals surface area contributed by atoms with Crippen molar-refractivity contribution >= 4 is 28.5 Å². The van der Waals surface area contributed by atoms with Crippen LogP contribution in [0.4, 0.5) is 0 Å². The van der Waals surface area contributed by atoms with Crippen molar-refractivity contribution in [2.45, 2.75) is 19.0 Å². The molecular weight excluding hydrogens is 326 g/mol. The van der Waals surface area contributed by atoms with Crippen LogP contribution in [0.3, 0.4) is 0 Å². The number of nitrogens with one attached hydrogen (secondary N) is 1. The minimum absolute atomic E-state index is 0.118. The minimum atomic E-state index is 0.118. The summed E-state index contributed by atoms with van der Waals surface area (Å²) < 4.78 is 0. The Kier molecular flexibility index (Phi) is 5.08. The van der Waals surface area contributed by atoms with E-state index in [1.54, 1.807) is 4.90 Å². The zero-order valence-electron chi connectivity index (χ0n) is 14.4. The highest BCUT2D eigenvalue weighted by Crippen LogP contribution is 2.18. The summed E-state index contributed by atoms with van der Waals surface area (Å²) >= 11 is 5.99. The molecule has 130 valence electrons. The number of aromatic amines is 1. The van der Waals surface area contributed by atoms with Gasteiger partial charge in [0.2, 0.25) is 5.91 Å². The van der Waals surface area contributed by atoms with E-state index >= 15 is 0 Å². The van der Waals surface area contributed by atoms with Crippen molar-refractivity contribution in [2.75, 3.05) is 40.8 Å². The molecule has 1 atom stereocenters. The average molecular weight is 350 g/mol. The van der Waals surface area contributed by atoms with Crippen LogP contribution >= 0.6 is 11.6 Å². The van der Waals surface area contributed by atoms with Gasteiger partial charge in [0.15, 0.2) is 0 Å². The van der Waals surface area contributed by atoms with Gasteiger partial charge in [-0.2, -0.15) is 0 Å². The number of aromatic nitrogens is 2. The quantitative estimate of drug-likeness (QED) is 0.894. The number of likely N-dealkylation sites (tertiary alicyclic amines) is 1. The largest absolute Gasteiger partial charge is 0.340 e. The average Bonchev–Trinajstić information content (AvgIpc) is 3.13. The summed E-state index contributed by atoms with van der Waals surface area (Å²) in [4.78, 5) is 26.4. The summed E-state index contributed by atoms with van der Waals surface area (Å²) in [5, 5.41) is 0.673. The van der Waals surface area contributed by atoms with Gasteiger partial charge in [-0.15, -0.1) is 0 Å². The normalized spacial score (nSPS) is 18.6. The van der Waals surface area contributed by atoms with Gasteiger partial charge in [-0.05, 0) is 38.7 Å². The first kappa shape index (κ1) is 17.2. The van der Waals surface area contributed by atoms with Gasteiger partial charge in [0.05, 0.1) is 24.1 Å². The number of likely N-dealkylation sites (N-methyl/N-ethyl adjacent to an activating group) is 2. The lowest BCUT2D eigenvalue weighted by Gasteiger charge is -2.22. The van der Waals surface area contributed by atoms with Gasteiger partial charge in [0, 0.05) is 31.2 Å². The van der Waals surface area contributed by atoms with Crippen LogP contribution in [0.25, 0.3) is 11.0 Å². The SMILES string of the molecule is CN(Cc1nc2ccc(Cl)cc2[nH]1)C(=O)CN1CCC(N(C)C)C1. The maximum atomic E-state index is 12.5. The summed E-state index contributed by atoms with van der Waals surface area (Å²) in [5.74, 6) is 0.892. The molecule has 1 saturated heterocycles. The highest BCUT2D eigenvalue weighted by Gasteiger charge is 2.26. The predicted molar refractivity (Wildman–Crippen MR) is 96.1 cm³/mol. The van der Waals surface area contributed by atoms with E-state index in [9.17, 15) is 4.79 Å². The predicted octanol–water partition coefficient (Wildman–Crippen LogP) is 1.81. The number of benzene rings is 1. The van der Waals surface area contributed by atoms with E-state index in [1.165, 1.54) is 0 Å². The molecule has 1 amide bonds. The van der Waals surface area contributed by atoms with Gasteiger partial charge in [-0.3, -0.25) is 9.69 Å². The van der Waals surface area contributed by atoms with Gasteiger partial charge < -0.3 is 14.8 Å². The molecule has 1 aliphatic rings. The maximum absolute atomic E-state index is 12.5. The first-order valence-electron chi connectivity index (χ1n) is 8.19. The molecule has 7 heteroatoms. The van der Waals surface area contributed by atoms with Crippen molar-refractivity contribution < 1.29 is 4.79 Å². The van der Waals surface area contributed by atoms with Crippen LogP contribution in [0.1, 0.15) is 12.2 Å². The summed E-state index contributed by atoms with van der Waals surface area (Å²) in [6.45, 7) is 2.87. The number of hydrogen-bond acceptors (Lipinski definition) is 4. The van der Waals surface area contributed by atoms with Crippen molar-refractivity contribution in [1.29, 1.82) is 0 Å². The molecule has 2 aromatic rings. The van der Waals surface area contributed by atoms with Gasteiger partial charge in [0.25, 0.3) is 0 Å². The highest BCUT2D eigenvalue weighted by molar-refractivity contribution is 6.31. The molecule has 24 heavy (non-hydrogen) atoms. The Hall–Kier alpha value is -1.63. The molecule has 0 spiro atoms. The van der Waals surface area contributed by atoms with E-state index in [0.717, 1.165) is 36.4 Å². The maximum Gasteiger partial charge on any atom is 0.236 e. The number of carbonyl (C=O) groups is 1. The standard InChI is InChI=1S/C17H24ClN5O/c1-21(2)13-6-7-23(9-13)11-17(24)22(3)10-16-19-14-5-4-12(18)8-15(14)20-16/h4-5,8,13H,6-7,9-11H2,1-3H3,(H,19,20). The molecule has 1 aromatic heterocycles. The Morgan fingerprint density at radius 2 is 2.21 bits per heavy atom. The van der Waals surface area contributed by atoms with E-state index < -0.39 is 0 Å². The zero-order chi connectivity index (χ0) is 17.3. The number of halogens is 1. The molecule has 1 N–H and O–H groups in total. The number of nitrogens with zero attached hydrogens (tertiary/aromatic N) is 4. The van der Waals surface area contributed by atoms with E-state index in [2.05, 4.69) is 33.9 Å². The summed E-state index contributed by atoms with van der Waals surface area (Å²) in [6.07, 6.45) is 1.12. The van der Waals surface area contributed by atoms with Crippen molar-refractivity contribution in [3.8, 4) is 0 Å². The number of fused-ring (bicyclic) bond motifs is 1. The summed E-state index contributed by atoms with van der Waals surface area (Å²) in [6, 6.07) is 6.09. The number of amides is 1. The van der Waals surface area contributed by atoms with Gasteiger partial charge in [0.1, 0.15) is 5.82 Å². The molecule has 1 unspecified atom stereocenters. The number of imidazole rings is 1. The van der Waals surface area contributed by atoms with Crippen molar-refractivity contribution in [3.63, 3.8) is 0 Å². The highest BCUT2D eigenvalue weighted by atomic mass is 35.5. The molecular formula is C17H24ClN5O. The van der Waals surface area contributed by atoms with Gasteiger partial charge in [-0.1, -0.05) is 11.6 Å². The molecule has 6 nitrogen and oxygen atoms in total. The van der Waals surface area contributed by atoms with Crippen LogP contribution in [0, 0.1) is 0 Å². The topological polar surface area (TPSA) is 55.5 Å². The molecule has 1 aromatic carbocycles. The fourth-order valence-electron chi connectivity index (χ4n) is 3.11. The molecule has 2 heterocycles. The third-order valence-corrected chi connectivity index (χ3v) is 4.88.